The zero-order valence-electron chi connectivity index (χ0n) is 11.4. The third kappa shape index (κ3) is 3.64. The molecule has 0 N–H and O–H groups in total. The number of aryl methyl sites for hydroxylation is 3. The van der Waals surface area contributed by atoms with Crippen LogP contribution in [0.3, 0.4) is 0 Å². The second-order valence-electron chi connectivity index (χ2n) is 4.60. The van der Waals surface area contributed by atoms with Gasteiger partial charge in [-0.3, -0.25) is 4.79 Å². The second kappa shape index (κ2) is 5.97. The van der Waals surface area contributed by atoms with Crippen LogP contribution in [0.4, 0.5) is 0 Å². The van der Waals surface area contributed by atoms with E-state index in [0.717, 1.165) is 16.3 Å². The Labute approximate surface area is 117 Å². The van der Waals surface area contributed by atoms with Crippen molar-refractivity contribution in [1.29, 1.82) is 0 Å². The number of methoxy groups -OCH3 is 1. The van der Waals surface area contributed by atoms with E-state index < -0.39 is 0 Å². The Kier molecular flexibility index (Phi) is 4.32. The number of carbonyl (C=O) groups is 1. The summed E-state index contributed by atoms with van der Waals surface area (Å²) in [4.78, 5) is 15.7. The average molecular weight is 275 g/mol. The van der Waals surface area contributed by atoms with Crippen LogP contribution in [0.5, 0.6) is 0 Å². The van der Waals surface area contributed by atoms with E-state index in [-0.39, 0.29) is 5.97 Å². The molecule has 0 bridgehead atoms. The van der Waals surface area contributed by atoms with E-state index in [1.807, 2.05) is 5.38 Å². The number of hydrogen-bond acceptors (Lipinski definition) is 4. The molecule has 0 atom stereocenters. The van der Waals surface area contributed by atoms with Gasteiger partial charge in [0.2, 0.25) is 0 Å². The Bertz CT molecular complexity index is 569. The van der Waals surface area contributed by atoms with E-state index in [4.69, 9.17) is 0 Å². The van der Waals surface area contributed by atoms with Gasteiger partial charge in [-0.2, -0.15) is 0 Å². The van der Waals surface area contributed by atoms with Gasteiger partial charge < -0.3 is 4.74 Å². The molecule has 1 aromatic carbocycles. The Balaban J connectivity index is 2.14. The SMILES string of the molecule is COC(=O)CCc1csc(-c2cc(C)cc(C)c2)n1. The van der Waals surface area contributed by atoms with E-state index in [1.54, 1.807) is 11.3 Å². The molecule has 0 amide bonds. The number of ether oxygens (including phenoxy) is 1. The van der Waals surface area contributed by atoms with Crippen molar-refractivity contribution in [3.63, 3.8) is 0 Å². The first-order valence-corrected chi connectivity index (χ1v) is 7.06. The molecule has 0 aliphatic heterocycles. The molecule has 4 heteroatoms. The van der Waals surface area contributed by atoms with Crippen molar-refractivity contribution in [2.24, 2.45) is 0 Å². The molecule has 0 saturated carbocycles. The molecule has 3 nitrogen and oxygen atoms in total. The summed E-state index contributed by atoms with van der Waals surface area (Å²) in [6.07, 6.45) is 1.01. The van der Waals surface area contributed by atoms with Gasteiger partial charge in [-0.1, -0.05) is 17.2 Å². The van der Waals surface area contributed by atoms with Crippen LogP contribution in [0.15, 0.2) is 23.6 Å². The molecule has 2 rings (SSSR count). The summed E-state index contributed by atoms with van der Waals surface area (Å²) < 4.78 is 4.63. The van der Waals surface area contributed by atoms with E-state index >= 15 is 0 Å². The normalized spacial score (nSPS) is 10.5. The highest BCUT2D eigenvalue weighted by molar-refractivity contribution is 7.13. The molecular weight excluding hydrogens is 258 g/mol. The number of esters is 1. The lowest BCUT2D eigenvalue weighted by Gasteiger charge is -2.01. The molecule has 1 heterocycles. The van der Waals surface area contributed by atoms with Crippen molar-refractivity contribution in [3.05, 3.63) is 40.4 Å². The molecule has 2 aromatic rings. The van der Waals surface area contributed by atoms with E-state index in [9.17, 15) is 4.79 Å². The van der Waals surface area contributed by atoms with Crippen molar-refractivity contribution in [2.45, 2.75) is 26.7 Å². The van der Waals surface area contributed by atoms with E-state index in [0.29, 0.717) is 12.8 Å². The van der Waals surface area contributed by atoms with Gasteiger partial charge >= 0.3 is 5.97 Å². The minimum absolute atomic E-state index is 0.194. The Morgan fingerprint density at radius 3 is 2.58 bits per heavy atom. The van der Waals surface area contributed by atoms with Gasteiger partial charge in [-0.05, 0) is 26.0 Å². The number of thiazole rings is 1. The number of hydrogen-bond donors (Lipinski definition) is 0. The summed E-state index contributed by atoms with van der Waals surface area (Å²) >= 11 is 1.62. The minimum Gasteiger partial charge on any atom is -0.469 e. The molecule has 0 fully saturated rings. The topological polar surface area (TPSA) is 39.2 Å². The molecule has 0 unspecified atom stereocenters. The zero-order valence-corrected chi connectivity index (χ0v) is 12.2. The maximum Gasteiger partial charge on any atom is 0.305 e. The van der Waals surface area contributed by atoms with Crippen molar-refractivity contribution < 1.29 is 9.53 Å². The maximum absolute atomic E-state index is 11.1. The lowest BCUT2D eigenvalue weighted by atomic mass is 10.1. The number of rotatable bonds is 4. The van der Waals surface area contributed by atoms with Gasteiger partial charge in [0.15, 0.2) is 0 Å². The summed E-state index contributed by atoms with van der Waals surface area (Å²) in [5.74, 6) is -0.194. The van der Waals surface area contributed by atoms with Gasteiger partial charge in [0.05, 0.1) is 19.2 Å². The minimum atomic E-state index is -0.194. The fraction of sp³-hybridized carbons (Fsp3) is 0.333. The summed E-state index contributed by atoms with van der Waals surface area (Å²) in [6, 6.07) is 6.42. The third-order valence-corrected chi connectivity index (χ3v) is 3.77. The third-order valence-electron chi connectivity index (χ3n) is 2.83. The van der Waals surface area contributed by atoms with Crippen LogP contribution in [0.25, 0.3) is 10.6 Å². The predicted molar refractivity (Wildman–Crippen MR) is 77.4 cm³/mol. The highest BCUT2D eigenvalue weighted by Gasteiger charge is 2.08. The summed E-state index contributed by atoms with van der Waals surface area (Å²) in [5.41, 5.74) is 4.57. The van der Waals surface area contributed by atoms with Gasteiger partial charge in [-0.15, -0.1) is 11.3 Å². The molecule has 0 aliphatic carbocycles. The Morgan fingerprint density at radius 1 is 1.26 bits per heavy atom. The van der Waals surface area contributed by atoms with Crippen molar-refractivity contribution in [3.8, 4) is 10.6 Å². The Morgan fingerprint density at radius 2 is 1.95 bits per heavy atom. The van der Waals surface area contributed by atoms with Crippen LogP contribution in [0.1, 0.15) is 23.2 Å². The van der Waals surface area contributed by atoms with Crippen LogP contribution < -0.4 is 0 Å². The molecule has 0 radical (unpaired) electrons. The van der Waals surface area contributed by atoms with E-state index in [1.165, 1.54) is 18.2 Å². The molecule has 0 aliphatic rings. The first kappa shape index (κ1) is 13.7. The number of carbonyl (C=O) groups excluding carboxylic acids is 1. The summed E-state index contributed by atoms with van der Waals surface area (Å²) in [6.45, 7) is 4.17. The molecular formula is C15H17NO2S. The lowest BCUT2D eigenvalue weighted by molar-refractivity contribution is -0.140. The Hall–Kier alpha value is -1.68. The fourth-order valence-corrected chi connectivity index (χ4v) is 2.83. The first-order chi connectivity index (χ1) is 9.08. The molecule has 0 saturated heterocycles. The smallest absolute Gasteiger partial charge is 0.305 e. The molecule has 1 aromatic heterocycles. The van der Waals surface area contributed by atoms with Crippen LogP contribution in [-0.2, 0) is 16.0 Å². The van der Waals surface area contributed by atoms with Gasteiger partial charge in [0, 0.05) is 17.4 Å². The average Bonchev–Trinajstić information content (AvgIpc) is 2.83. The van der Waals surface area contributed by atoms with Crippen LogP contribution >= 0.6 is 11.3 Å². The van der Waals surface area contributed by atoms with Gasteiger partial charge in [-0.25, -0.2) is 4.98 Å². The summed E-state index contributed by atoms with van der Waals surface area (Å²) in [5, 5.41) is 3.02. The largest absolute Gasteiger partial charge is 0.469 e. The highest BCUT2D eigenvalue weighted by Crippen LogP contribution is 2.26. The molecule has 19 heavy (non-hydrogen) atoms. The van der Waals surface area contributed by atoms with Crippen LogP contribution in [0.2, 0.25) is 0 Å². The monoisotopic (exact) mass is 275 g/mol. The number of benzene rings is 1. The second-order valence-corrected chi connectivity index (χ2v) is 5.45. The predicted octanol–water partition coefficient (Wildman–Crippen LogP) is 3.53. The standard InChI is InChI=1S/C15H17NO2S/c1-10-6-11(2)8-12(7-10)15-16-13(9-19-15)4-5-14(17)18-3/h6-9H,4-5H2,1-3H3. The lowest BCUT2D eigenvalue weighted by Crippen LogP contribution is -2.01. The van der Waals surface area contributed by atoms with Crippen molar-refractivity contribution in [2.75, 3.05) is 7.11 Å². The molecule has 100 valence electrons. The summed E-state index contributed by atoms with van der Waals surface area (Å²) in [7, 11) is 1.41. The van der Waals surface area contributed by atoms with Gasteiger partial charge in [0.25, 0.3) is 0 Å². The molecule has 0 spiro atoms. The number of aromatic nitrogens is 1. The van der Waals surface area contributed by atoms with Crippen molar-refractivity contribution >= 4 is 17.3 Å². The van der Waals surface area contributed by atoms with Crippen LogP contribution in [-0.4, -0.2) is 18.1 Å². The maximum atomic E-state index is 11.1. The van der Waals surface area contributed by atoms with E-state index in [2.05, 4.69) is 41.8 Å². The quantitative estimate of drug-likeness (QED) is 0.801. The van der Waals surface area contributed by atoms with Crippen LogP contribution in [0, 0.1) is 13.8 Å². The van der Waals surface area contributed by atoms with Gasteiger partial charge in [0.1, 0.15) is 5.01 Å². The highest BCUT2D eigenvalue weighted by atomic mass is 32.1. The zero-order chi connectivity index (χ0) is 13.8. The first-order valence-electron chi connectivity index (χ1n) is 6.18. The van der Waals surface area contributed by atoms with Crippen molar-refractivity contribution in [1.82, 2.24) is 4.98 Å². The fourth-order valence-electron chi connectivity index (χ4n) is 1.98. The number of nitrogens with zero attached hydrogens (tertiary/aromatic N) is 1.